The predicted octanol–water partition coefficient (Wildman–Crippen LogP) is 4.31. The van der Waals surface area contributed by atoms with E-state index in [-0.39, 0.29) is 11.5 Å². The summed E-state index contributed by atoms with van der Waals surface area (Å²) in [6.07, 6.45) is 2.43. The van der Waals surface area contributed by atoms with Crippen LogP contribution in [0, 0.1) is 5.82 Å². The average molecular weight is 373 g/mol. The van der Waals surface area contributed by atoms with Gasteiger partial charge in [-0.25, -0.2) is 4.39 Å². The van der Waals surface area contributed by atoms with Crippen molar-refractivity contribution in [1.82, 2.24) is 10.2 Å². The van der Waals surface area contributed by atoms with E-state index in [0.717, 1.165) is 50.3 Å². The van der Waals surface area contributed by atoms with E-state index in [1.807, 2.05) is 13.0 Å². The molecule has 25 heavy (non-hydrogen) atoms. The Bertz CT molecular complexity index is 951. The third-order valence-electron chi connectivity index (χ3n) is 3.83. The van der Waals surface area contributed by atoms with Gasteiger partial charge in [-0.3, -0.25) is 4.79 Å². The molecular formula is C18H16FN3OS2. The van der Waals surface area contributed by atoms with Crippen LogP contribution < -0.4 is 5.73 Å². The first-order valence-corrected chi connectivity index (χ1v) is 9.02. The van der Waals surface area contributed by atoms with Gasteiger partial charge >= 0.3 is 0 Å². The van der Waals surface area contributed by atoms with Crippen molar-refractivity contribution >= 4 is 44.4 Å². The van der Waals surface area contributed by atoms with Crippen LogP contribution in [-0.2, 0) is 6.42 Å². The summed E-state index contributed by atoms with van der Waals surface area (Å²) in [5, 5.41) is 9.09. The number of carbonyl (C=O) groups excluding carboxylic acids is 1. The maximum Gasteiger partial charge on any atom is 0.270 e. The number of amides is 1. The van der Waals surface area contributed by atoms with E-state index < -0.39 is 5.91 Å². The van der Waals surface area contributed by atoms with Crippen LogP contribution >= 0.6 is 23.6 Å². The molecule has 0 aliphatic heterocycles. The van der Waals surface area contributed by atoms with Gasteiger partial charge in [0, 0.05) is 10.3 Å². The van der Waals surface area contributed by atoms with Gasteiger partial charge in [0.2, 0.25) is 0 Å². The third-order valence-corrected chi connectivity index (χ3v) is 5.23. The van der Waals surface area contributed by atoms with E-state index in [9.17, 15) is 9.18 Å². The quantitative estimate of drug-likeness (QED) is 0.654. The number of aromatic nitrogens is 2. The Morgan fingerprint density at radius 3 is 2.64 bits per heavy atom. The lowest BCUT2D eigenvalue weighted by atomic mass is 10.1. The molecule has 0 radical (unpaired) electrons. The number of primary amides is 1. The lowest BCUT2D eigenvalue weighted by molar-refractivity contribution is 0.0996. The number of fused-ring (bicyclic) bond motifs is 1. The second-order valence-electron chi connectivity index (χ2n) is 5.78. The molecular weight excluding hydrogens is 357 g/mol. The monoisotopic (exact) mass is 373 g/mol. The molecule has 0 bridgehead atoms. The number of thiocarbonyl (C=S) groups is 1. The van der Waals surface area contributed by atoms with Crippen LogP contribution in [0.2, 0.25) is 0 Å². The van der Waals surface area contributed by atoms with Crippen molar-refractivity contribution in [2.24, 2.45) is 5.73 Å². The summed E-state index contributed by atoms with van der Waals surface area (Å²) in [6.45, 7) is 1.92. The summed E-state index contributed by atoms with van der Waals surface area (Å²) in [5.41, 5.74) is 7.30. The average Bonchev–Trinajstić information content (AvgIpc) is 3.00. The number of halogens is 1. The van der Waals surface area contributed by atoms with Crippen LogP contribution in [0.25, 0.3) is 20.5 Å². The molecule has 0 aliphatic carbocycles. The first kappa shape index (κ1) is 17.6. The van der Waals surface area contributed by atoms with Gasteiger partial charge in [-0.15, -0.1) is 16.4 Å². The van der Waals surface area contributed by atoms with Crippen LogP contribution in [0.3, 0.4) is 0 Å². The van der Waals surface area contributed by atoms with E-state index in [2.05, 4.69) is 10.2 Å². The fourth-order valence-corrected chi connectivity index (χ4v) is 3.92. The molecule has 128 valence electrons. The standard InChI is InChI=1S/C18H16FN3OS2/c1-10(24)3-2-4-14-13-9-15(11-5-7-12(19)8-6-11)25-17(13)16(18(20)23)22-21-14/h5-9H,2-4H2,1H3,(H2,20,23). The SMILES string of the molecule is CC(=S)CCCc1nnc(C(N)=O)c2sc(-c3ccc(F)cc3)cc12. The molecule has 4 nitrogen and oxygen atoms in total. The highest BCUT2D eigenvalue weighted by atomic mass is 32.1. The van der Waals surface area contributed by atoms with E-state index in [1.165, 1.54) is 23.5 Å². The van der Waals surface area contributed by atoms with Crippen LogP contribution in [0.4, 0.5) is 4.39 Å². The number of rotatable bonds is 6. The number of thiophene rings is 1. The van der Waals surface area contributed by atoms with Crippen molar-refractivity contribution in [3.05, 3.63) is 47.5 Å². The first-order chi connectivity index (χ1) is 12.0. The van der Waals surface area contributed by atoms with Crippen LogP contribution in [0.1, 0.15) is 35.9 Å². The number of carbonyl (C=O) groups is 1. The van der Waals surface area contributed by atoms with Crippen molar-refractivity contribution in [2.75, 3.05) is 0 Å². The molecule has 1 amide bonds. The van der Waals surface area contributed by atoms with Gasteiger partial charge in [0.15, 0.2) is 5.69 Å². The molecule has 0 atom stereocenters. The van der Waals surface area contributed by atoms with E-state index in [0.29, 0.717) is 0 Å². The molecule has 0 fully saturated rings. The molecule has 1 aromatic carbocycles. The van der Waals surface area contributed by atoms with Crippen molar-refractivity contribution in [2.45, 2.75) is 26.2 Å². The van der Waals surface area contributed by atoms with Gasteiger partial charge in [0.05, 0.1) is 10.4 Å². The molecule has 7 heteroatoms. The molecule has 0 unspecified atom stereocenters. The van der Waals surface area contributed by atoms with Crippen molar-refractivity contribution in [3.8, 4) is 10.4 Å². The molecule has 0 spiro atoms. The van der Waals surface area contributed by atoms with Crippen molar-refractivity contribution in [1.29, 1.82) is 0 Å². The summed E-state index contributed by atoms with van der Waals surface area (Å²) < 4.78 is 13.9. The summed E-state index contributed by atoms with van der Waals surface area (Å²) in [4.78, 5) is 13.5. The minimum atomic E-state index is -0.605. The Labute approximate surface area is 153 Å². The topological polar surface area (TPSA) is 68.9 Å². The normalized spacial score (nSPS) is 11.0. The van der Waals surface area contributed by atoms with Crippen LogP contribution in [0.5, 0.6) is 0 Å². The zero-order chi connectivity index (χ0) is 18.0. The highest BCUT2D eigenvalue weighted by molar-refractivity contribution is 7.80. The Kier molecular flexibility index (Phi) is 5.15. The van der Waals surface area contributed by atoms with Crippen LogP contribution in [0.15, 0.2) is 30.3 Å². The maximum atomic E-state index is 13.2. The van der Waals surface area contributed by atoms with E-state index in [4.69, 9.17) is 18.0 Å². The summed E-state index contributed by atoms with van der Waals surface area (Å²) >= 11 is 6.53. The van der Waals surface area contributed by atoms with Gasteiger partial charge in [0.1, 0.15) is 5.82 Å². The minimum Gasteiger partial charge on any atom is -0.364 e. The van der Waals surface area contributed by atoms with Crippen LogP contribution in [-0.4, -0.2) is 21.0 Å². The number of hydrogen-bond acceptors (Lipinski definition) is 5. The Balaban J connectivity index is 2.06. The summed E-state index contributed by atoms with van der Waals surface area (Å²) in [5.74, 6) is -0.895. The molecule has 3 rings (SSSR count). The van der Waals surface area contributed by atoms with Gasteiger partial charge in [0.25, 0.3) is 5.91 Å². The largest absolute Gasteiger partial charge is 0.364 e. The summed E-state index contributed by atoms with van der Waals surface area (Å²) in [7, 11) is 0. The van der Waals surface area contributed by atoms with Gasteiger partial charge < -0.3 is 5.73 Å². The molecule has 0 aliphatic rings. The van der Waals surface area contributed by atoms with E-state index in [1.54, 1.807) is 12.1 Å². The number of nitrogens with two attached hydrogens (primary N) is 1. The summed E-state index contributed by atoms with van der Waals surface area (Å²) in [6, 6.07) is 8.21. The zero-order valence-corrected chi connectivity index (χ0v) is 15.2. The number of benzene rings is 1. The Morgan fingerprint density at radius 2 is 2.00 bits per heavy atom. The number of aryl methyl sites for hydroxylation is 1. The number of hydrogen-bond donors (Lipinski definition) is 1. The minimum absolute atomic E-state index is 0.170. The lowest BCUT2D eigenvalue weighted by Crippen LogP contribution is -2.14. The lowest BCUT2D eigenvalue weighted by Gasteiger charge is -2.03. The van der Waals surface area contributed by atoms with E-state index >= 15 is 0 Å². The Morgan fingerprint density at radius 1 is 1.28 bits per heavy atom. The van der Waals surface area contributed by atoms with Gasteiger partial charge in [-0.05, 0) is 54.8 Å². The molecule has 2 N–H and O–H groups in total. The van der Waals surface area contributed by atoms with Crippen molar-refractivity contribution in [3.63, 3.8) is 0 Å². The smallest absolute Gasteiger partial charge is 0.270 e. The molecule has 0 saturated heterocycles. The fourth-order valence-electron chi connectivity index (χ4n) is 2.60. The van der Waals surface area contributed by atoms with Gasteiger partial charge in [-0.1, -0.05) is 24.4 Å². The molecule has 2 aromatic heterocycles. The molecule has 2 heterocycles. The molecule has 3 aromatic rings. The maximum absolute atomic E-state index is 13.2. The first-order valence-electron chi connectivity index (χ1n) is 7.80. The zero-order valence-electron chi connectivity index (χ0n) is 13.6. The second-order valence-corrected chi connectivity index (χ2v) is 7.52. The predicted molar refractivity (Wildman–Crippen MR) is 103 cm³/mol. The highest BCUT2D eigenvalue weighted by Gasteiger charge is 2.17. The number of nitrogens with zero attached hydrogens (tertiary/aromatic N) is 2. The van der Waals surface area contributed by atoms with Crippen molar-refractivity contribution < 1.29 is 9.18 Å². The fraction of sp³-hybridized carbons (Fsp3) is 0.222. The molecule has 0 saturated carbocycles. The van der Waals surface area contributed by atoms with Gasteiger partial charge in [-0.2, -0.15) is 5.10 Å². The third kappa shape index (κ3) is 3.88. The highest BCUT2D eigenvalue weighted by Crippen LogP contribution is 2.36. The second kappa shape index (κ2) is 7.33. The Hall–Kier alpha value is -2.25.